The number of imide groups is 1. The topological polar surface area (TPSA) is 137 Å². The van der Waals surface area contributed by atoms with Crippen LogP contribution in [0.1, 0.15) is 20.7 Å². The van der Waals surface area contributed by atoms with Gasteiger partial charge in [0, 0.05) is 0 Å². The summed E-state index contributed by atoms with van der Waals surface area (Å²) in [6, 6.07) is 6.48. The van der Waals surface area contributed by atoms with Gasteiger partial charge in [-0.1, -0.05) is 16.7 Å². The van der Waals surface area contributed by atoms with E-state index in [0.717, 1.165) is 0 Å². The zero-order valence-corrected chi connectivity index (χ0v) is 11.4. The number of nitrogens with one attached hydrogen (secondary N) is 1. The van der Waals surface area contributed by atoms with Crippen molar-refractivity contribution in [3.8, 4) is 0 Å². The first kappa shape index (κ1) is 13.6. The van der Waals surface area contributed by atoms with E-state index in [1.165, 1.54) is 6.20 Å². The van der Waals surface area contributed by atoms with Crippen molar-refractivity contribution in [2.45, 2.75) is 0 Å². The van der Waals surface area contributed by atoms with Crippen LogP contribution < -0.4 is 16.9 Å². The fourth-order valence-electron chi connectivity index (χ4n) is 2.26. The first-order chi connectivity index (χ1) is 10.5. The molecule has 5 N–H and O–H groups in total. The van der Waals surface area contributed by atoms with Crippen LogP contribution in [-0.4, -0.2) is 31.4 Å². The Balaban J connectivity index is 2.09. The van der Waals surface area contributed by atoms with E-state index in [4.69, 9.17) is 11.5 Å². The van der Waals surface area contributed by atoms with Gasteiger partial charge in [-0.15, -0.1) is 0 Å². The monoisotopic (exact) mass is 298 g/mol. The molecule has 110 valence electrons. The Bertz CT molecular complexity index is 763. The third-order valence-electron chi connectivity index (χ3n) is 3.25. The number of nitrogen functional groups attached to an aromatic ring is 2. The molecule has 1 aromatic heterocycles. The van der Waals surface area contributed by atoms with Crippen LogP contribution in [0.25, 0.3) is 0 Å². The van der Waals surface area contributed by atoms with Crippen LogP contribution in [0.4, 0.5) is 17.8 Å². The average molecular weight is 298 g/mol. The molecular formula is C13H12N7O2+. The predicted octanol–water partition coefficient (Wildman–Crippen LogP) is 0.317. The molecule has 2 amide bonds. The molecule has 9 nitrogen and oxygen atoms in total. The van der Waals surface area contributed by atoms with Gasteiger partial charge in [0.2, 0.25) is 11.9 Å². The molecule has 0 saturated carbocycles. The zero-order chi connectivity index (χ0) is 15.9. The minimum absolute atomic E-state index is 0.0978. The smallest absolute Gasteiger partial charge is 0.368 e. The van der Waals surface area contributed by atoms with Gasteiger partial charge in [-0.2, -0.15) is 20.4 Å². The standard InChI is InChI=1S/C13H12N7O2/c1-2-20(19-13-17-11(14)16-12(15)18-13)9(21)7-5-3-4-6-8(7)10(20)22/h2-6H,1H2,(H5,14,15,16,17,18,19)/q+1. The van der Waals surface area contributed by atoms with E-state index < -0.39 is 16.4 Å². The summed E-state index contributed by atoms with van der Waals surface area (Å²) in [5.41, 5.74) is 14.2. The number of nitrogens with zero attached hydrogens (tertiary/aromatic N) is 4. The van der Waals surface area contributed by atoms with Gasteiger partial charge in [-0.3, -0.25) is 0 Å². The predicted molar refractivity (Wildman–Crippen MR) is 77.8 cm³/mol. The number of aromatic nitrogens is 3. The lowest BCUT2D eigenvalue weighted by Gasteiger charge is -2.23. The van der Waals surface area contributed by atoms with Crippen molar-refractivity contribution in [2.75, 3.05) is 16.9 Å². The van der Waals surface area contributed by atoms with Gasteiger partial charge in [0.05, 0.1) is 11.1 Å². The van der Waals surface area contributed by atoms with Gasteiger partial charge >= 0.3 is 11.8 Å². The molecule has 0 spiro atoms. The second-order valence-electron chi connectivity index (χ2n) is 4.55. The number of hydrogen-bond donors (Lipinski definition) is 3. The molecule has 9 heteroatoms. The molecule has 1 aliphatic rings. The Labute approximate surface area is 124 Å². The highest BCUT2D eigenvalue weighted by Gasteiger charge is 2.54. The minimum Gasteiger partial charge on any atom is -0.368 e. The van der Waals surface area contributed by atoms with E-state index in [1.807, 2.05) is 0 Å². The van der Waals surface area contributed by atoms with E-state index in [2.05, 4.69) is 27.0 Å². The van der Waals surface area contributed by atoms with Crippen molar-refractivity contribution < 1.29 is 14.2 Å². The third-order valence-corrected chi connectivity index (χ3v) is 3.25. The second kappa shape index (κ2) is 4.60. The maximum absolute atomic E-state index is 12.6. The maximum atomic E-state index is 12.6. The number of hydrogen-bond acceptors (Lipinski definition) is 8. The first-order valence-corrected chi connectivity index (χ1v) is 6.24. The Kier molecular flexibility index (Phi) is 2.85. The third kappa shape index (κ3) is 1.80. The number of anilines is 3. The van der Waals surface area contributed by atoms with Crippen LogP contribution in [-0.2, 0) is 0 Å². The minimum atomic E-state index is -0.887. The molecule has 0 saturated heterocycles. The fraction of sp³-hybridized carbons (Fsp3) is 0. The largest absolute Gasteiger partial charge is 0.383 e. The van der Waals surface area contributed by atoms with Crippen molar-refractivity contribution in [3.63, 3.8) is 0 Å². The van der Waals surface area contributed by atoms with Gasteiger partial charge < -0.3 is 11.5 Å². The Hall–Kier alpha value is -3.33. The average Bonchev–Trinajstić information content (AvgIpc) is 2.69. The van der Waals surface area contributed by atoms with Crippen molar-refractivity contribution in [3.05, 3.63) is 48.2 Å². The van der Waals surface area contributed by atoms with E-state index in [9.17, 15) is 9.59 Å². The number of nitrogens with two attached hydrogens (primary N) is 2. The molecule has 1 aliphatic heterocycles. The van der Waals surface area contributed by atoms with Gasteiger partial charge in [0.15, 0.2) is 0 Å². The van der Waals surface area contributed by atoms with Crippen LogP contribution in [0, 0.1) is 0 Å². The number of rotatable bonds is 3. The number of quaternary nitrogens is 1. The van der Waals surface area contributed by atoms with Gasteiger partial charge in [-0.25, -0.2) is 9.59 Å². The number of benzene rings is 1. The lowest BCUT2D eigenvalue weighted by molar-refractivity contribution is -0.680. The lowest BCUT2D eigenvalue weighted by atomic mass is 10.1. The molecule has 2 heterocycles. The highest BCUT2D eigenvalue weighted by molar-refractivity contribution is 6.14. The van der Waals surface area contributed by atoms with E-state index >= 15 is 0 Å². The Morgan fingerprint density at radius 2 is 1.50 bits per heavy atom. The summed E-state index contributed by atoms with van der Waals surface area (Å²) in [5, 5.41) is 0. The summed E-state index contributed by atoms with van der Waals surface area (Å²) in [6.07, 6.45) is 1.17. The van der Waals surface area contributed by atoms with E-state index in [0.29, 0.717) is 0 Å². The molecule has 0 bridgehead atoms. The van der Waals surface area contributed by atoms with Gasteiger partial charge in [0.25, 0.3) is 5.95 Å². The van der Waals surface area contributed by atoms with Crippen molar-refractivity contribution in [1.29, 1.82) is 0 Å². The molecule has 0 fully saturated rings. The van der Waals surface area contributed by atoms with Crippen molar-refractivity contribution >= 4 is 29.7 Å². The highest BCUT2D eigenvalue weighted by atomic mass is 16.2. The van der Waals surface area contributed by atoms with E-state index in [1.54, 1.807) is 24.3 Å². The summed E-state index contributed by atoms with van der Waals surface area (Å²) >= 11 is 0. The number of amides is 2. The van der Waals surface area contributed by atoms with Gasteiger partial charge in [0.1, 0.15) is 6.20 Å². The van der Waals surface area contributed by atoms with Crippen LogP contribution >= 0.6 is 0 Å². The molecular weight excluding hydrogens is 286 g/mol. The quantitative estimate of drug-likeness (QED) is 0.544. The Morgan fingerprint density at radius 3 is 1.95 bits per heavy atom. The molecule has 0 unspecified atom stereocenters. The normalized spacial score (nSPS) is 15.5. The van der Waals surface area contributed by atoms with E-state index in [-0.39, 0.29) is 29.0 Å². The maximum Gasteiger partial charge on any atom is 0.383 e. The zero-order valence-electron chi connectivity index (χ0n) is 11.4. The number of fused-ring (bicyclic) bond motifs is 1. The summed E-state index contributed by atoms with van der Waals surface area (Å²) in [4.78, 5) is 36.5. The molecule has 3 rings (SSSR count). The Morgan fingerprint density at radius 1 is 1.00 bits per heavy atom. The molecule has 2 aromatic rings. The lowest BCUT2D eigenvalue weighted by Crippen LogP contribution is -2.52. The molecule has 22 heavy (non-hydrogen) atoms. The van der Waals surface area contributed by atoms with Gasteiger partial charge in [-0.05, 0) is 18.7 Å². The second-order valence-corrected chi connectivity index (χ2v) is 4.55. The van der Waals surface area contributed by atoms with Crippen molar-refractivity contribution in [2.24, 2.45) is 0 Å². The van der Waals surface area contributed by atoms with Crippen LogP contribution in [0.5, 0.6) is 0 Å². The van der Waals surface area contributed by atoms with Crippen LogP contribution in [0.15, 0.2) is 37.0 Å². The molecule has 0 aliphatic carbocycles. The van der Waals surface area contributed by atoms with Crippen molar-refractivity contribution in [1.82, 2.24) is 15.0 Å². The highest BCUT2D eigenvalue weighted by Crippen LogP contribution is 2.30. The summed E-state index contributed by atoms with van der Waals surface area (Å²) in [5.74, 6) is -1.34. The number of carbonyl (C=O) groups is 2. The summed E-state index contributed by atoms with van der Waals surface area (Å²) in [7, 11) is 0. The van der Waals surface area contributed by atoms with Crippen LogP contribution in [0.2, 0.25) is 0 Å². The fourth-order valence-corrected chi connectivity index (χ4v) is 2.26. The first-order valence-electron chi connectivity index (χ1n) is 6.24. The molecule has 0 radical (unpaired) electrons. The van der Waals surface area contributed by atoms with Crippen LogP contribution in [0.3, 0.4) is 0 Å². The number of carbonyl (C=O) groups excluding carboxylic acids is 2. The summed E-state index contributed by atoms with van der Waals surface area (Å²) < 4.78 is -0.887. The summed E-state index contributed by atoms with van der Waals surface area (Å²) in [6.45, 7) is 3.57. The molecule has 0 atom stereocenters. The SMILES string of the molecule is C=C[N+]1(Nc2nc(N)nc(N)n2)C(=O)c2ccccc2C1=O. The molecule has 1 aromatic carbocycles.